The molecule has 2 amide bonds. The smallest absolute Gasteiger partial charge is 0.257 e. The molecule has 7 heteroatoms. The van der Waals surface area contributed by atoms with Crippen LogP contribution in [0.5, 0.6) is 0 Å². The van der Waals surface area contributed by atoms with Gasteiger partial charge in [0.25, 0.3) is 5.89 Å². The average molecular weight is 390 g/mol. The quantitative estimate of drug-likeness (QED) is 0.719. The molecule has 2 heterocycles. The summed E-state index contributed by atoms with van der Waals surface area (Å²) in [5.74, 6) is 0.530. The number of benzene rings is 2. The van der Waals surface area contributed by atoms with E-state index in [1.807, 2.05) is 50.2 Å². The molecule has 4 rings (SSSR count). The summed E-state index contributed by atoms with van der Waals surface area (Å²) >= 11 is 0. The second kappa shape index (κ2) is 7.87. The lowest BCUT2D eigenvalue weighted by atomic mass is 10.1. The van der Waals surface area contributed by atoms with Crippen LogP contribution in [0.1, 0.15) is 24.7 Å². The van der Waals surface area contributed by atoms with Crippen LogP contribution in [-0.2, 0) is 16.0 Å². The van der Waals surface area contributed by atoms with Gasteiger partial charge in [0, 0.05) is 36.3 Å². The first-order valence-electron chi connectivity index (χ1n) is 9.64. The molecule has 3 aromatic rings. The van der Waals surface area contributed by atoms with Crippen LogP contribution < -0.4 is 10.2 Å². The summed E-state index contributed by atoms with van der Waals surface area (Å²) in [5, 5.41) is 6.78. The number of amides is 2. The zero-order valence-corrected chi connectivity index (χ0v) is 16.4. The molecule has 0 bridgehead atoms. The number of rotatable bonds is 5. The zero-order valence-electron chi connectivity index (χ0n) is 16.4. The minimum absolute atomic E-state index is 0.0347. The van der Waals surface area contributed by atoms with Crippen molar-refractivity contribution in [3.63, 3.8) is 0 Å². The predicted molar refractivity (Wildman–Crippen MR) is 109 cm³/mol. The van der Waals surface area contributed by atoms with Crippen molar-refractivity contribution in [2.45, 2.75) is 26.7 Å². The van der Waals surface area contributed by atoms with Crippen molar-refractivity contribution < 1.29 is 14.1 Å². The van der Waals surface area contributed by atoms with Gasteiger partial charge in [-0.05, 0) is 43.3 Å². The predicted octanol–water partition coefficient (Wildman–Crippen LogP) is 3.60. The molecular weight excluding hydrogens is 368 g/mol. The second-order valence-corrected chi connectivity index (χ2v) is 7.18. The Morgan fingerprint density at radius 1 is 1.17 bits per heavy atom. The van der Waals surface area contributed by atoms with Crippen LogP contribution >= 0.6 is 0 Å². The molecule has 2 aromatic carbocycles. The van der Waals surface area contributed by atoms with Gasteiger partial charge in [-0.1, -0.05) is 29.8 Å². The number of hydrogen-bond acceptors (Lipinski definition) is 5. The van der Waals surface area contributed by atoms with Crippen LogP contribution in [0.3, 0.4) is 0 Å². The van der Waals surface area contributed by atoms with Crippen LogP contribution in [-0.4, -0.2) is 28.5 Å². The molecule has 1 aromatic heterocycles. The number of nitrogens with one attached hydrogen (secondary N) is 1. The minimum Gasteiger partial charge on any atom is -0.334 e. The van der Waals surface area contributed by atoms with Crippen molar-refractivity contribution in [3.05, 3.63) is 59.9 Å². The summed E-state index contributed by atoms with van der Waals surface area (Å²) < 4.78 is 5.23. The molecule has 1 N–H and O–H groups in total. The third-order valence-electron chi connectivity index (χ3n) is 5.03. The van der Waals surface area contributed by atoms with Crippen LogP contribution in [0.25, 0.3) is 11.5 Å². The molecule has 0 saturated carbocycles. The Morgan fingerprint density at radius 2 is 1.90 bits per heavy atom. The summed E-state index contributed by atoms with van der Waals surface area (Å²) in [6, 6.07) is 15.0. The number of aryl methyl sites for hydroxylation is 2. The fourth-order valence-corrected chi connectivity index (χ4v) is 3.31. The van der Waals surface area contributed by atoms with Gasteiger partial charge >= 0.3 is 0 Å². The SMILES string of the molecule is CCc1noc(-c2ccc(NC(=O)C3CC(=O)N(c4ccc(C)cc4)C3)cc2)n1. The number of carbonyl (C=O) groups excluding carboxylic acids is 2. The molecule has 7 nitrogen and oxygen atoms in total. The van der Waals surface area contributed by atoms with Gasteiger partial charge in [-0.3, -0.25) is 9.59 Å². The number of carbonyl (C=O) groups is 2. The number of anilines is 2. The lowest BCUT2D eigenvalue weighted by Crippen LogP contribution is -2.28. The van der Waals surface area contributed by atoms with E-state index in [1.54, 1.807) is 17.0 Å². The first-order chi connectivity index (χ1) is 14.0. The average Bonchev–Trinajstić information content (AvgIpc) is 3.36. The molecule has 0 radical (unpaired) electrons. The fourth-order valence-electron chi connectivity index (χ4n) is 3.31. The molecule has 1 aliphatic heterocycles. The topological polar surface area (TPSA) is 88.3 Å². The fraction of sp³-hybridized carbons (Fsp3) is 0.273. The Labute approximate surface area is 168 Å². The van der Waals surface area contributed by atoms with E-state index in [1.165, 1.54) is 0 Å². The third-order valence-corrected chi connectivity index (χ3v) is 5.03. The third kappa shape index (κ3) is 4.03. The minimum atomic E-state index is -0.383. The van der Waals surface area contributed by atoms with E-state index in [0.717, 1.165) is 16.8 Å². The molecule has 0 spiro atoms. The van der Waals surface area contributed by atoms with Gasteiger partial charge in [-0.2, -0.15) is 4.98 Å². The van der Waals surface area contributed by atoms with Crippen LogP contribution in [0.4, 0.5) is 11.4 Å². The Morgan fingerprint density at radius 3 is 2.55 bits per heavy atom. The molecule has 1 unspecified atom stereocenters. The summed E-state index contributed by atoms with van der Waals surface area (Å²) in [6.07, 6.45) is 0.914. The summed E-state index contributed by atoms with van der Waals surface area (Å²) in [6.45, 7) is 4.34. The largest absolute Gasteiger partial charge is 0.334 e. The van der Waals surface area contributed by atoms with Crippen LogP contribution in [0.15, 0.2) is 53.1 Å². The van der Waals surface area contributed by atoms with E-state index in [9.17, 15) is 9.59 Å². The first-order valence-corrected chi connectivity index (χ1v) is 9.64. The monoisotopic (exact) mass is 390 g/mol. The van der Waals surface area contributed by atoms with Crippen molar-refractivity contribution >= 4 is 23.2 Å². The highest BCUT2D eigenvalue weighted by molar-refractivity contribution is 6.03. The van der Waals surface area contributed by atoms with Gasteiger partial charge < -0.3 is 14.7 Å². The molecular formula is C22H22N4O3. The van der Waals surface area contributed by atoms with Crippen molar-refractivity contribution in [2.75, 3.05) is 16.8 Å². The summed E-state index contributed by atoms with van der Waals surface area (Å²) in [4.78, 5) is 31.0. The van der Waals surface area contributed by atoms with Gasteiger partial charge in [0.2, 0.25) is 11.8 Å². The molecule has 148 valence electrons. The molecule has 1 atom stereocenters. The molecule has 0 aliphatic carbocycles. The number of nitrogens with zero attached hydrogens (tertiary/aromatic N) is 3. The van der Waals surface area contributed by atoms with E-state index in [2.05, 4.69) is 15.5 Å². The normalized spacial score (nSPS) is 16.3. The maximum absolute atomic E-state index is 12.7. The van der Waals surface area contributed by atoms with Gasteiger partial charge in [-0.25, -0.2) is 0 Å². The van der Waals surface area contributed by atoms with E-state index < -0.39 is 0 Å². The van der Waals surface area contributed by atoms with Gasteiger partial charge in [-0.15, -0.1) is 0 Å². The molecule has 1 aliphatic rings. The molecule has 1 saturated heterocycles. The highest BCUT2D eigenvalue weighted by atomic mass is 16.5. The Kier molecular flexibility index (Phi) is 5.12. The highest BCUT2D eigenvalue weighted by Gasteiger charge is 2.35. The lowest BCUT2D eigenvalue weighted by molar-refractivity contribution is -0.122. The number of hydrogen-bond donors (Lipinski definition) is 1. The van der Waals surface area contributed by atoms with E-state index in [4.69, 9.17) is 4.52 Å². The Bertz CT molecular complexity index is 1020. The van der Waals surface area contributed by atoms with Crippen molar-refractivity contribution in [1.82, 2.24) is 10.1 Å². The summed E-state index contributed by atoms with van der Waals surface area (Å²) in [5.41, 5.74) is 3.41. The molecule has 29 heavy (non-hydrogen) atoms. The van der Waals surface area contributed by atoms with Gasteiger partial charge in [0.1, 0.15) is 0 Å². The van der Waals surface area contributed by atoms with E-state index in [0.29, 0.717) is 30.4 Å². The number of aromatic nitrogens is 2. The van der Waals surface area contributed by atoms with E-state index in [-0.39, 0.29) is 24.2 Å². The first kappa shape index (κ1) is 18.9. The van der Waals surface area contributed by atoms with Crippen molar-refractivity contribution in [3.8, 4) is 11.5 Å². The van der Waals surface area contributed by atoms with Crippen LogP contribution in [0, 0.1) is 12.8 Å². The zero-order chi connectivity index (χ0) is 20.4. The van der Waals surface area contributed by atoms with E-state index >= 15 is 0 Å². The van der Waals surface area contributed by atoms with Gasteiger partial charge in [0.15, 0.2) is 5.82 Å². The van der Waals surface area contributed by atoms with Crippen molar-refractivity contribution in [2.24, 2.45) is 5.92 Å². The lowest BCUT2D eigenvalue weighted by Gasteiger charge is -2.17. The van der Waals surface area contributed by atoms with Crippen molar-refractivity contribution in [1.29, 1.82) is 0 Å². The highest BCUT2D eigenvalue weighted by Crippen LogP contribution is 2.27. The van der Waals surface area contributed by atoms with Crippen LogP contribution in [0.2, 0.25) is 0 Å². The second-order valence-electron chi connectivity index (χ2n) is 7.18. The Hall–Kier alpha value is -3.48. The Balaban J connectivity index is 1.40. The standard InChI is InChI=1S/C22H22N4O3/c1-3-19-24-22(29-25-19)15-6-8-17(9-7-15)23-21(28)16-12-20(27)26(13-16)18-10-4-14(2)5-11-18/h4-11,16H,3,12-13H2,1-2H3,(H,23,28). The summed E-state index contributed by atoms with van der Waals surface area (Å²) in [7, 11) is 0. The van der Waals surface area contributed by atoms with Gasteiger partial charge in [0.05, 0.1) is 5.92 Å². The maximum atomic E-state index is 12.7. The molecule has 1 fully saturated rings. The maximum Gasteiger partial charge on any atom is 0.257 e.